The normalized spacial score (nSPS) is 24.7. The van der Waals surface area contributed by atoms with Crippen molar-refractivity contribution in [1.29, 1.82) is 0 Å². The van der Waals surface area contributed by atoms with Gasteiger partial charge >= 0.3 is 0 Å². The van der Waals surface area contributed by atoms with Crippen LogP contribution >= 0.6 is 0 Å². The van der Waals surface area contributed by atoms with Gasteiger partial charge in [0.15, 0.2) is 0 Å². The van der Waals surface area contributed by atoms with E-state index < -0.39 is 0 Å². The molecule has 1 saturated carbocycles. The zero-order valence-corrected chi connectivity index (χ0v) is 16.7. The molecule has 1 rings (SSSR count). The summed E-state index contributed by atoms with van der Waals surface area (Å²) >= 11 is 0. The van der Waals surface area contributed by atoms with Crippen LogP contribution in [0.1, 0.15) is 112 Å². The van der Waals surface area contributed by atoms with Gasteiger partial charge < -0.3 is 10.2 Å². The summed E-state index contributed by atoms with van der Waals surface area (Å²) in [6.07, 6.45) is 14.3. The predicted molar refractivity (Wildman–Crippen MR) is 102 cm³/mol. The Labute approximate surface area is 146 Å². The summed E-state index contributed by atoms with van der Waals surface area (Å²) in [6.45, 7) is 11.9. The molecular weight excluding hydrogens is 284 g/mol. The van der Waals surface area contributed by atoms with Gasteiger partial charge in [-0.3, -0.25) is 0 Å². The Morgan fingerprint density at radius 2 is 1.52 bits per heavy atom. The maximum Gasteiger partial charge on any atom is 0.0540 e. The van der Waals surface area contributed by atoms with Crippen LogP contribution in [0.25, 0.3) is 0 Å². The molecule has 0 aromatic heterocycles. The van der Waals surface area contributed by atoms with Crippen molar-refractivity contribution in [3.63, 3.8) is 0 Å². The van der Waals surface area contributed by atoms with Crippen molar-refractivity contribution in [1.82, 2.24) is 0 Å². The maximum absolute atomic E-state index is 9.86. The van der Waals surface area contributed by atoms with Crippen LogP contribution in [0.3, 0.4) is 0 Å². The third-order valence-electron chi connectivity index (χ3n) is 6.08. The van der Waals surface area contributed by atoms with Crippen LogP contribution < -0.4 is 0 Å². The molecule has 1 aliphatic carbocycles. The third-order valence-corrected chi connectivity index (χ3v) is 6.08. The molecule has 0 saturated heterocycles. The number of aliphatic hydroxyl groups excluding tert-OH is 2. The highest BCUT2D eigenvalue weighted by Gasteiger charge is 2.42. The summed E-state index contributed by atoms with van der Waals surface area (Å²) in [7, 11) is 0. The van der Waals surface area contributed by atoms with E-state index in [1.54, 1.807) is 0 Å². The maximum atomic E-state index is 9.86. The zero-order valence-electron chi connectivity index (χ0n) is 16.7. The molecule has 1 fully saturated rings. The van der Waals surface area contributed by atoms with Crippen LogP contribution in [0.5, 0.6) is 0 Å². The van der Waals surface area contributed by atoms with Gasteiger partial charge in [-0.1, -0.05) is 73.1 Å². The van der Waals surface area contributed by atoms with E-state index in [0.717, 1.165) is 25.7 Å². The molecule has 23 heavy (non-hydrogen) atoms. The Morgan fingerprint density at radius 1 is 0.870 bits per heavy atom. The number of hydrogen-bond acceptors (Lipinski definition) is 2. The SMILES string of the molecule is CCCC(O)CCC1(C)CCCCC1(C)C.CCCCCCO. The second-order valence-corrected chi connectivity index (χ2v) is 8.42. The minimum Gasteiger partial charge on any atom is -0.396 e. The molecule has 140 valence electrons. The fourth-order valence-corrected chi connectivity index (χ4v) is 3.69. The van der Waals surface area contributed by atoms with Crippen LogP contribution in [-0.2, 0) is 0 Å². The van der Waals surface area contributed by atoms with Crippen molar-refractivity contribution in [2.45, 2.75) is 118 Å². The molecule has 2 atom stereocenters. The lowest BCUT2D eigenvalue weighted by Gasteiger charge is -2.49. The minimum absolute atomic E-state index is 0.0699. The first-order valence-electron chi connectivity index (χ1n) is 10.1. The first-order chi connectivity index (χ1) is 10.8. The van der Waals surface area contributed by atoms with E-state index in [9.17, 15) is 5.11 Å². The van der Waals surface area contributed by atoms with Gasteiger partial charge in [-0.25, -0.2) is 0 Å². The van der Waals surface area contributed by atoms with Crippen molar-refractivity contribution in [3.05, 3.63) is 0 Å². The highest BCUT2D eigenvalue weighted by molar-refractivity contribution is 4.92. The van der Waals surface area contributed by atoms with E-state index in [0.29, 0.717) is 17.4 Å². The Kier molecular flexibility index (Phi) is 12.3. The third kappa shape index (κ3) is 9.10. The Morgan fingerprint density at radius 3 is 2.04 bits per heavy atom. The minimum atomic E-state index is -0.0699. The summed E-state index contributed by atoms with van der Waals surface area (Å²) in [5.74, 6) is 0. The predicted octanol–water partition coefficient (Wildman–Crippen LogP) is 6.09. The molecule has 0 amide bonds. The van der Waals surface area contributed by atoms with Crippen LogP contribution in [0.15, 0.2) is 0 Å². The molecule has 2 unspecified atom stereocenters. The zero-order chi connectivity index (χ0) is 17.8. The summed E-state index contributed by atoms with van der Waals surface area (Å²) in [4.78, 5) is 0. The topological polar surface area (TPSA) is 40.5 Å². The van der Waals surface area contributed by atoms with Crippen LogP contribution in [-0.4, -0.2) is 22.9 Å². The summed E-state index contributed by atoms with van der Waals surface area (Å²) < 4.78 is 0. The number of aliphatic hydroxyl groups is 2. The average Bonchev–Trinajstić information content (AvgIpc) is 2.50. The van der Waals surface area contributed by atoms with Gasteiger partial charge in [-0.15, -0.1) is 0 Å². The van der Waals surface area contributed by atoms with Gasteiger partial charge in [0.1, 0.15) is 0 Å². The highest BCUT2D eigenvalue weighted by atomic mass is 16.3. The van der Waals surface area contributed by atoms with E-state index in [-0.39, 0.29) is 6.10 Å². The fraction of sp³-hybridized carbons (Fsp3) is 1.00. The highest BCUT2D eigenvalue weighted by Crippen LogP contribution is 2.52. The van der Waals surface area contributed by atoms with Crippen molar-refractivity contribution in [2.24, 2.45) is 10.8 Å². The fourth-order valence-electron chi connectivity index (χ4n) is 3.69. The number of hydrogen-bond donors (Lipinski definition) is 2. The molecule has 0 radical (unpaired) electrons. The quantitative estimate of drug-likeness (QED) is 0.502. The van der Waals surface area contributed by atoms with Crippen LogP contribution in [0, 0.1) is 10.8 Å². The molecule has 2 N–H and O–H groups in total. The number of rotatable bonds is 9. The van der Waals surface area contributed by atoms with Gasteiger partial charge in [0.25, 0.3) is 0 Å². The van der Waals surface area contributed by atoms with E-state index in [1.807, 2.05) is 0 Å². The van der Waals surface area contributed by atoms with Gasteiger partial charge in [0, 0.05) is 6.61 Å². The van der Waals surface area contributed by atoms with E-state index in [2.05, 4.69) is 34.6 Å². The second kappa shape index (κ2) is 12.3. The van der Waals surface area contributed by atoms with E-state index in [4.69, 9.17) is 5.11 Å². The number of unbranched alkanes of at least 4 members (excludes halogenated alkanes) is 3. The average molecular weight is 329 g/mol. The molecule has 0 aromatic rings. The van der Waals surface area contributed by atoms with E-state index in [1.165, 1.54) is 51.4 Å². The molecule has 0 bridgehead atoms. The van der Waals surface area contributed by atoms with Gasteiger partial charge in [-0.05, 0) is 49.4 Å². The second-order valence-electron chi connectivity index (χ2n) is 8.42. The van der Waals surface area contributed by atoms with Gasteiger partial charge in [0.2, 0.25) is 0 Å². The Bertz CT molecular complexity index is 271. The summed E-state index contributed by atoms with van der Waals surface area (Å²) in [5, 5.41) is 18.2. The Balaban J connectivity index is 0.000000585. The van der Waals surface area contributed by atoms with Crippen molar-refractivity contribution < 1.29 is 10.2 Å². The largest absolute Gasteiger partial charge is 0.396 e. The van der Waals surface area contributed by atoms with Gasteiger partial charge in [-0.2, -0.15) is 0 Å². The molecule has 0 heterocycles. The molecule has 0 spiro atoms. The van der Waals surface area contributed by atoms with Crippen LogP contribution in [0.4, 0.5) is 0 Å². The van der Waals surface area contributed by atoms with E-state index >= 15 is 0 Å². The lowest BCUT2D eigenvalue weighted by atomic mass is 9.57. The van der Waals surface area contributed by atoms with Crippen molar-refractivity contribution in [3.8, 4) is 0 Å². The van der Waals surface area contributed by atoms with Crippen LogP contribution in [0.2, 0.25) is 0 Å². The molecule has 2 heteroatoms. The first kappa shape index (κ1) is 22.9. The lowest BCUT2D eigenvalue weighted by Crippen LogP contribution is -2.38. The van der Waals surface area contributed by atoms with Crippen molar-refractivity contribution >= 4 is 0 Å². The molecular formula is C21H44O2. The molecule has 1 aliphatic rings. The summed E-state index contributed by atoms with van der Waals surface area (Å²) in [5.41, 5.74) is 0.900. The molecule has 0 aromatic carbocycles. The Hall–Kier alpha value is -0.0800. The van der Waals surface area contributed by atoms with Crippen molar-refractivity contribution in [2.75, 3.05) is 6.61 Å². The molecule has 2 nitrogen and oxygen atoms in total. The standard InChI is InChI=1S/C15H30O.C6H14O/c1-5-8-13(16)9-12-15(4)11-7-6-10-14(15,2)3;1-2-3-4-5-6-7/h13,16H,5-12H2,1-4H3;7H,2-6H2,1H3. The first-order valence-corrected chi connectivity index (χ1v) is 10.1. The lowest BCUT2D eigenvalue weighted by molar-refractivity contribution is 0.00939. The van der Waals surface area contributed by atoms with Gasteiger partial charge in [0.05, 0.1) is 6.10 Å². The monoisotopic (exact) mass is 328 g/mol. The smallest absolute Gasteiger partial charge is 0.0540 e. The molecule has 0 aliphatic heterocycles. The summed E-state index contributed by atoms with van der Waals surface area (Å²) in [6, 6.07) is 0.